The van der Waals surface area contributed by atoms with Gasteiger partial charge in [0.05, 0.1) is 5.57 Å². The first-order valence-corrected chi connectivity index (χ1v) is 11.7. The van der Waals surface area contributed by atoms with Crippen LogP contribution in [0.4, 0.5) is 11.4 Å². The van der Waals surface area contributed by atoms with Crippen LogP contribution >= 0.6 is 0 Å². The number of likely N-dealkylation sites (tertiary alicyclic amines) is 1. The van der Waals surface area contributed by atoms with Crippen molar-refractivity contribution < 1.29 is 14.4 Å². The number of nitrogens with one attached hydrogen (secondary N) is 2. The lowest BCUT2D eigenvalue weighted by molar-refractivity contribution is -0.110. The summed E-state index contributed by atoms with van der Waals surface area (Å²) >= 11 is 0. The van der Waals surface area contributed by atoms with Gasteiger partial charge in [-0.2, -0.15) is 0 Å². The molecule has 0 spiro atoms. The molecule has 0 unspecified atom stereocenters. The summed E-state index contributed by atoms with van der Waals surface area (Å²) in [6, 6.07) is 19.6. The van der Waals surface area contributed by atoms with E-state index < -0.39 is 5.91 Å². The summed E-state index contributed by atoms with van der Waals surface area (Å²) in [7, 11) is 0. The lowest BCUT2D eigenvalue weighted by Crippen LogP contribution is -2.18. The number of hydrogen-bond acceptors (Lipinski definition) is 5. The first kappa shape index (κ1) is 22.6. The molecule has 2 aliphatic heterocycles. The Kier molecular flexibility index (Phi) is 6.16. The smallest absolute Gasteiger partial charge is 0.257 e. The van der Waals surface area contributed by atoms with Crippen molar-refractivity contribution >= 4 is 34.5 Å². The van der Waals surface area contributed by atoms with Gasteiger partial charge in [0.2, 0.25) is 5.91 Å². The number of carbonyl (C=O) groups excluding carboxylic acids is 3. The van der Waals surface area contributed by atoms with Gasteiger partial charge in [0.15, 0.2) is 5.78 Å². The largest absolute Gasteiger partial charge is 0.366 e. The van der Waals surface area contributed by atoms with Crippen molar-refractivity contribution in [3.05, 3.63) is 101 Å². The molecule has 3 aromatic carbocycles. The maximum absolute atomic E-state index is 12.9. The van der Waals surface area contributed by atoms with Crippen LogP contribution in [-0.4, -0.2) is 35.6 Å². The van der Waals surface area contributed by atoms with Crippen LogP contribution in [0.25, 0.3) is 5.57 Å². The summed E-state index contributed by atoms with van der Waals surface area (Å²) in [6.07, 6.45) is 4.23. The van der Waals surface area contributed by atoms with E-state index in [9.17, 15) is 14.4 Å². The third-order valence-electron chi connectivity index (χ3n) is 6.42. The van der Waals surface area contributed by atoms with Crippen LogP contribution in [0.15, 0.2) is 72.9 Å². The van der Waals surface area contributed by atoms with Crippen molar-refractivity contribution in [2.75, 3.05) is 23.7 Å². The lowest BCUT2D eigenvalue weighted by atomic mass is 9.98. The van der Waals surface area contributed by atoms with E-state index in [0.717, 1.165) is 30.9 Å². The fraction of sp³-hybridized carbons (Fsp3) is 0.179. The fourth-order valence-electron chi connectivity index (χ4n) is 4.52. The molecule has 1 fully saturated rings. The molecule has 0 aromatic heterocycles. The molecule has 0 saturated carbocycles. The second kappa shape index (κ2) is 9.56. The Balaban J connectivity index is 1.31. The van der Waals surface area contributed by atoms with Crippen LogP contribution in [0, 0.1) is 0 Å². The first-order chi connectivity index (χ1) is 17.0. The standard InChI is InChI=1S/C28H26N4O3/c29-27(34)21-5-3-4-19(14-21)26(33)20-8-11-23-24(28(35)31-25(23)15-20)16-30-22-9-6-18(7-10-22)17-32-12-1-2-13-32/h3-11,14-16,30H,1-2,12-13,17H2,(H2,29,34)(H,31,35). The zero-order valence-corrected chi connectivity index (χ0v) is 19.2. The highest BCUT2D eigenvalue weighted by Crippen LogP contribution is 2.33. The Morgan fingerprint density at radius 2 is 1.66 bits per heavy atom. The summed E-state index contributed by atoms with van der Waals surface area (Å²) in [5, 5.41) is 6.04. The summed E-state index contributed by atoms with van der Waals surface area (Å²) < 4.78 is 0. The van der Waals surface area contributed by atoms with Gasteiger partial charge in [-0.1, -0.05) is 36.4 Å². The van der Waals surface area contributed by atoms with Crippen LogP contribution in [0.3, 0.4) is 0 Å². The fourth-order valence-corrected chi connectivity index (χ4v) is 4.52. The molecule has 1 saturated heterocycles. The number of fused-ring (bicyclic) bond motifs is 1. The van der Waals surface area contributed by atoms with Crippen molar-refractivity contribution in [1.29, 1.82) is 0 Å². The molecule has 2 amide bonds. The molecule has 4 N–H and O–H groups in total. The second-order valence-electron chi connectivity index (χ2n) is 8.87. The number of anilines is 2. The van der Waals surface area contributed by atoms with Gasteiger partial charge in [-0.15, -0.1) is 0 Å². The maximum atomic E-state index is 12.9. The average Bonchev–Trinajstić information content (AvgIpc) is 3.49. The van der Waals surface area contributed by atoms with Gasteiger partial charge >= 0.3 is 0 Å². The average molecular weight is 467 g/mol. The normalized spacial score (nSPS) is 16.2. The van der Waals surface area contributed by atoms with Crippen molar-refractivity contribution in [3.63, 3.8) is 0 Å². The molecule has 176 valence electrons. The van der Waals surface area contributed by atoms with Crippen molar-refractivity contribution in [1.82, 2.24) is 4.90 Å². The Labute approximate surface area is 203 Å². The Bertz CT molecular complexity index is 1340. The molecular formula is C28H26N4O3. The van der Waals surface area contributed by atoms with E-state index in [1.165, 1.54) is 24.5 Å². The van der Waals surface area contributed by atoms with Crippen molar-refractivity contribution in [3.8, 4) is 0 Å². The van der Waals surface area contributed by atoms with Gasteiger partial charge < -0.3 is 16.4 Å². The third-order valence-corrected chi connectivity index (χ3v) is 6.42. The number of hydrogen-bond donors (Lipinski definition) is 3. The molecule has 3 aromatic rings. The predicted octanol–water partition coefficient (Wildman–Crippen LogP) is 4.02. The van der Waals surface area contributed by atoms with E-state index >= 15 is 0 Å². The van der Waals surface area contributed by atoms with E-state index in [4.69, 9.17) is 5.73 Å². The monoisotopic (exact) mass is 466 g/mol. The Hall–Kier alpha value is -4.23. The molecule has 0 aliphatic carbocycles. The van der Waals surface area contributed by atoms with Gasteiger partial charge in [-0.05, 0) is 61.8 Å². The number of rotatable bonds is 7. The van der Waals surface area contributed by atoms with Gasteiger partial charge in [0, 0.05) is 46.4 Å². The van der Waals surface area contributed by atoms with E-state index in [-0.39, 0.29) is 17.3 Å². The summed E-state index contributed by atoms with van der Waals surface area (Å²) in [5.41, 5.74) is 10.3. The SMILES string of the molecule is NC(=O)c1cccc(C(=O)c2ccc3c(c2)NC(=O)C3=CNc2ccc(CN3CCCC3)cc2)c1. The Morgan fingerprint density at radius 3 is 2.40 bits per heavy atom. The van der Waals surface area contributed by atoms with Crippen LogP contribution in [0.1, 0.15) is 50.2 Å². The molecule has 2 aliphatic rings. The van der Waals surface area contributed by atoms with Crippen LogP contribution < -0.4 is 16.4 Å². The first-order valence-electron chi connectivity index (χ1n) is 11.7. The van der Waals surface area contributed by atoms with Gasteiger partial charge in [0.1, 0.15) is 0 Å². The third kappa shape index (κ3) is 4.85. The number of primary amides is 1. The predicted molar refractivity (Wildman–Crippen MR) is 136 cm³/mol. The van der Waals surface area contributed by atoms with Gasteiger partial charge in [-0.25, -0.2) is 0 Å². The minimum atomic E-state index is -0.593. The number of nitrogens with zero attached hydrogens (tertiary/aromatic N) is 1. The molecule has 35 heavy (non-hydrogen) atoms. The molecule has 0 bridgehead atoms. The summed E-state index contributed by atoms with van der Waals surface area (Å²) in [6.45, 7) is 3.28. The van der Waals surface area contributed by atoms with E-state index in [0.29, 0.717) is 22.4 Å². The minimum absolute atomic E-state index is 0.238. The summed E-state index contributed by atoms with van der Waals surface area (Å²) in [5.74, 6) is -1.09. The van der Waals surface area contributed by atoms with E-state index in [2.05, 4.69) is 27.7 Å². The van der Waals surface area contributed by atoms with Crippen LogP contribution in [0.2, 0.25) is 0 Å². The minimum Gasteiger partial charge on any atom is -0.366 e. The number of nitrogens with two attached hydrogens (primary N) is 1. The van der Waals surface area contributed by atoms with E-state index in [1.54, 1.807) is 42.6 Å². The topological polar surface area (TPSA) is 105 Å². The molecule has 0 atom stereocenters. The van der Waals surface area contributed by atoms with Crippen molar-refractivity contribution in [2.45, 2.75) is 19.4 Å². The van der Waals surface area contributed by atoms with Crippen LogP contribution in [-0.2, 0) is 11.3 Å². The number of amides is 2. The van der Waals surface area contributed by atoms with Gasteiger partial charge in [0.25, 0.3) is 5.91 Å². The number of ketones is 1. The summed E-state index contributed by atoms with van der Waals surface area (Å²) in [4.78, 5) is 39.4. The van der Waals surface area contributed by atoms with E-state index in [1.807, 2.05) is 12.1 Å². The van der Waals surface area contributed by atoms with Gasteiger partial charge in [-0.3, -0.25) is 19.3 Å². The zero-order chi connectivity index (χ0) is 24.4. The molecule has 2 heterocycles. The van der Waals surface area contributed by atoms with Crippen molar-refractivity contribution in [2.24, 2.45) is 5.73 Å². The maximum Gasteiger partial charge on any atom is 0.257 e. The molecule has 0 radical (unpaired) electrons. The second-order valence-corrected chi connectivity index (χ2v) is 8.87. The lowest BCUT2D eigenvalue weighted by Gasteiger charge is -2.14. The zero-order valence-electron chi connectivity index (χ0n) is 19.2. The number of carbonyl (C=O) groups is 3. The molecule has 7 heteroatoms. The molecular weight excluding hydrogens is 440 g/mol. The highest BCUT2D eigenvalue weighted by Gasteiger charge is 2.25. The van der Waals surface area contributed by atoms with Crippen LogP contribution in [0.5, 0.6) is 0 Å². The highest BCUT2D eigenvalue weighted by molar-refractivity contribution is 6.32. The Morgan fingerprint density at radius 1 is 0.943 bits per heavy atom. The highest BCUT2D eigenvalue weighted by atomic mass is 16.2. The number of benzene rings is 3. The quantitative estimate of drug-likeness (QED) is 0.360. The molecule has 7 nitrogen and oxygen atoms in total. The molecule has 5 rings (SSSR count).